The molecular weight excluding hydrogens is 482 g/mol. The summed E-state index contributed by atoms with van der Waals surface area (Å²) in [5.74, 6) is 1.42. The number of aliphatic imine (C=N–C) groups is 3. The highest BCUT2D eigenvalue weighted by Gasteiger charge is 2.18. The van der Waals surface area contributed by atoms with E-state index in [9.17, 15) is 0 Å². The molecule has 182 valence electrons. The van der Waals surface area contributed by atoms with Crippen molar-refractivity contribution in [3.8, 4) is 0 Å². The molecule has 0 bridgehead atoms. The average molecular weight is 508 g/mol. The van der Waals surface area contributed by atoms with Gasteiger partial charge in [0.1, 0.15) is 0 Å². The lowest BCUT2D eigenvalue weighted by Crippen LogP contribution is -2.08. The van der Waals surface area contributed by atoms with E-state index in [1.54, 1.807) is 0 Å². The quantitative estimate of drug-likeness (QED) is 0.234. The van der Waals surface area contributed by atoms with Gasteiger partial charge in [-0.1, -0.05) is 97.1 Å². The fourth-order valence-electron chi connectivity index (χ4n) is 5.16. The standard InChI is InChI=1S/C34H25N3S/c1-3-11-23(12-4-1)25-15-9-16-26(21-25)33-36-29(24-13-5-2-6-14-24)22-35-34(37-33)28-18-10-20-31-32(28)27-17-7-8-19-30(27)38-31/h2-3,5-21H,1,4,22H2. The van der Waals surface area contributed by atoms with Gasteiger partial charge < -0.3 is 0 Å². The summed E-state index contributed by atoms with van der Waals surface area (Å²) < 4.78 is 2.52. The molecule has 1 aliphatic heterocycles. The Morgan fingerprint density at radius 1 is 0.632 bits per heavy atom. The summed E-state index contributed by atoms with van der Waals surface area (Å²) in [6.45, 7) is 0.471. The Balaban J connectivity index is 1.41. The summed E-state index contributed by atoms with van der Waals surface area (Å²) in [4.78, 5) is 15.3. The Labute approximate surface area is 225 Å². The first kappa shape index (κ1) is 22.8. The Morgan fingerprint density at radius 2 is 1.42 bits per heavy atom. The van der Waals surface area contributed by atoms with Gasteiger partial charge in [0.05, 0.1) is 12.3 Å². The number of nitrogens with zero attached hydrogens (tertiary/aromatic N) is 3. The second kappa shape index (κ2) is 9.81. The van der Waals surface area contributed by atoms with Crippen LogP contribution in [0.25, 0.3) is 25.7 Å². The topological polar surface area (TPSA) is 37.1 Å². The van der Waals surface area contributed by atoms with Crippen molar-refractivity contribution in [3.05, 3.63) is 138 Å². The summed E-state index contributed by atoms with van der Waals surface area (Å²) in [5, 5.41) is 2.46. The smallest absolute Gasteiger partial charge is 0.161 e. The van der Waals surface area contributed by atoms with E-state index in [4.69, 9.17) is 15.0 Å². The van der Waals surface area contributed by atoms with Crippen molar-refractivity contribution < 1.29 is 0 Å². The fraction of sp³-hybridized carbons (Fsp3) is 0.0882. The number of allylic oxidation sites excluding steroid dienone is 4. The third-order valence-electron chi connectivity index (χ3n) is 7.03. The van der Waals surface area contributed by atoms with Crippen LogP contribution in [-0.4, -0.2) is 23.9 Å². The molecule has 2 aliphatic rings. The number of benzene rings is 4. The largest absolute Gasteiger partial charge is 0.260 e. The van der Waals surface area contributed by atoms with E-state index in [1.165, 1.54) is 31.3 Å². The minimum Gasteiger partial charge on any atom is -0.260 e. The first-order valence-electron chi connectivity index (χ1n) is 13.0. The molecule has 2 heterocycles. The molecular formula is C34H25N3S. The summed E-state index contributed by atoms with van der Waals surface area (Å²) in [6, 6.07) is 33.9. The van der Waals surface area contributed by atoms with Crippen LogP contribution >= 0.6 is 11.3 Å². The molecule has 0 N–H and O–H groups in total. The molecule has 0 fully saturated rings. The Hall–Kier alpha value is -4.41. The monoisotopic (exact) mass is 507 g/mol. The van der Waals surface area contributed by atoms with Gasteiger partial charge in [-0.15, -0.1) is 11.3 Å². The van der Waals surface area contributed by atoms with Gasteiger partial charge in [0.2, 0.25) is 0 Å². The normalized spacial score (nSPS) is 15.6. The summed E-state index contributed by atoms with van der Waals surface area (Å²) >= 11 is 1.81. The van der Waals surface area contributed by atoms with Crippen LogP contribution in [0, 0.1) is 0 Å². The number of amidine groups is 2. The lowest BCUT2D eigenvalue weighted by molar-refractivity contribution is 1.04. The molecule has 0 saturated carbocycles. The van der Waals surface area contributed by atoms with Crippen LogP contribution in [0.3, 0.4) is 0 Å². The minimum atomic E-state index is 0.471. The molecule has 0 atom stereocenters. The van der Waals surface area contributed by atoms with Crippen LogP contribution in [0.5, 0.6) is 0 Å². The maximum Gasteiger partial charge on any atom is 0.161 e. The van der Waals surface area contributed by atoms with Crippen LogP contribution in [0.1, 0.15) is 35.1 Å². The van der Waals surface area contributed by atoms with Crippen molar-refractivity contribution in [1.82, 2.24) is 0 Å². The molecule has 0 radical (unpaired) electrons. The van der Waals surface area contributed by atoms with Gasteiger partial charge in [-0.2, -0.15) is 0 Å². The van der Waals surface area contributed by atoms with Crippen LogP contribution in [-0.2, 0) is 0 Å². The molecule has 5 aromatic rings. The molecule has 0 unspecified atom stereocenters. The second-order valence-electron chi connectivity index (χ2n) is 9.50. The number of hydrogen-bond acceptors (Lipinski definition) is 4. The lowest BCUT2D eigenvalue weighted by atomic mass is 9.98. The predicted octanol–water partition coefficient (Wildman–Crippen LogP) is 8.48. The van der Waals surface area contributed by atoms with E-state index in [1.807, 2.05) is 29.5 Å². The van der Waals surface area contributed by atoms with E-state index in [2.05, 4.69) is 97.1 Å². The van der Waals surface area contributed by atoms with Crippen molar-refractivity contribution in [2.45, 2.75) is 12.8 Å². The van der Waals surface area contributed by atoms with Crippen molar-refractivity contribution in [2.24, 2.45) is 15.0 Å². The SMILES string of the molecule is C1=CC(c2cccc(C3=NC(c4cccc5sc6ccccc6c45)=NCC(c4ccccc4)=N3)c2)=CCC1. The van der Waals surface area contributed by atoms with E-state index in [0.29, 0.717) is 12.4 Å². The summed E-state index contributed by atoms with van der Waals surface area (Å²) in [7, 11) is 0. The van der Waals surface area contributed by atoms with Gasteiger partial charge in [0.15, 0.2) is 11.7 Å². The third-order valence-corrected chi connectivity index (χ3v) is 8.17. The zero-order valence-corrected chi connectivity index (χ0v) is 21.7. The highest BCUT2D eigenvalue weighted by Crippen LogP contribution is 2.36. The van der Waals surface area contributed by atoms with Crippen LogP contribution in [0.4, 0.5) is 0 Å². The van der Waals surface area contributed by atoms with Gasteiger partial charge in [0.25, 0.3) is 0 Å². The molecule has 0 saturated heterocycles. The maximum atomic E-state index is 5.16. The van der Waals surface area contributed by atoms with Gasteiger partial charge in [-0.05, 0) is 47.7 Å². The highest BCUT2D eigenvalue weighted by atomic mass is 32.1. The zero-order chi connectivity index (χ0) is 25.3. The average Bonchev–Trinajstić information content (AvgIpc) is 3.23. The van der Waals surface area contributed by atoms with Crippen molar-refractivity contribution in [3.63, 3.8) is 0 Å². The van der Waals surface area contributed by atoms with Crippen molar-refractivity contribution in [1.29, 1.82) is 0 Å². The third kappa shape index (κ3) is 4.23. The highest BCUT2D eigenvalue weighted by molar-refractivity contribution is 7.25. The Kier molecular flexibility index (Phi) is 5.87. The van der Waals surface area contributed by atoms with Crippen molar-refractivity contribution >= 4 is 54.5 Å². The predicted molar refractivity (Wildman–Crippen MR) is 163 cm³/mol. The van der Waals surface area contributed by atoms with Crippen LogP contribution in [0.15, 0.2) is 130 Å². The van der Waals surface area contributed by atoms with Crippen molar-refractivity contribution in [2.75, 3.05) is 6.54 Å². The van der Waals surface area contributed by atoms with Gasteiger partial charge >= 0.3 is 0 Å². The lowest BCUT2D eigenvalue weighted by Gasteiger charge is -2.10. The second-order valence-corrected chi connectivity index (χ2v) is 10.6. The van der Waals surface area contributed by atoms with Crippen LogP contribution < -0.4 is 0 Å². The number of fused-ring (bicyclic) bond motifs is 3. The molecule has 4 aromatic carbocycles. The number of rotatable bonds is 4. The summed E-state index contributed by atoms with van der Waals surface area (Å²) in [6.07, 6.45) is 8.94. The van der Waals surface area contributed by atoms with E-state index in [0.717, 1.165) is 41.1 Å². The van der Waals surface area contributed by atoms with E-state index < -0.39 is 0 Å². The minimum absolute atomic E-state index is 0.471. The van der Waals surface area contributed by atoms with Crippen LogP contribution in [0.2, 0.25) is 0 Å². The molecule has 0 spiro atoms. The molecule has 1 aromatic heterocycles. The van der Waals surface area contributed by atoms with Gasteiger partial charge in [-0.25, -0.2) is 9.98 Å². The molecule has 38 heavy (non-hydrogen) atoms. The molecule has 4 heteroatoms. The number of thiophene rings is 1. The first-order valence-corrected chi connectivity index (χ1v) is 13.8. The molecule has 3 nitrogen and oxygen atoms in total. The van der Waals surface area contributed by atoms with Gasteiger partial charge in [-0.3, -0.25) is 4.99 Å². The molecule has 1 aliphatic carbocycles. The molecule has 7 rings (SSSR count). The Morgan fingerprint density at radius 3 is 2.32 bits per heavy atom. The molecule has 0 amide bonds. The van der Waals surface area contributed by atoms with E-state index >= 15 is 0 Å². The maximum absolute atomic E-state index is 5.16. The van der Waals surface area contributed by atoms with Gasteiger partial charge in [0, 0.05) is 31.3 Å². The Bertz CT molecular complexity index is 1830. The zero-order valence-electron chi connectivity index (χ0n) is 20.8. The first-order chi connectivity index (χ1) is 18.8. The summed E-state index contributed by atoms with van der Waals surface area (Å²) in [5.41, 5.74) is 6.47. The number of hydrogen-bond donors (Lipinski definition) is 0. The fourth-order valence-corrected chi connectivity index (χ4v) is 6.29. The van der Waals surface area contributed by atoms with E-state index in [-0.39, 0.29) is 0 Å².